The molecule has 0 unspecified atom stereocenters. The minimum atomic E-state index is -0.463. The maximum atomic E-state index is 12.7. The molecule has 30 heavy (non-hydrogen) atoms. The second kappa shape index (κ2) is 7.68. The summed E-state index contributed by atoms with van der Waals surface area (Å²) in [7, 11) is 0. The molecular weight excluding hydrogens is 400 g/mol. The standard InChI is InChI=1S/C21H18N6O2S/c28-18-11-14(12-27(18)19-15-8-4-5-9-16(15)23-25-19)20(29)22-21-26-24-17(30-21)10-13-6-2-1-3-7-13/h1-9,14H,10-12H2,(H,23,25)(H,22,26,29)/t14-/m0/s1. The molecule has 8 nitrogen and oxygen atoms in total. The summed E-state index contributed by atoms with van der Waals surface area (Å²) in [6.07, 6.45) is 0.805. The molecule has 4 aromatic rings. The third kappa shape index (κ3) is 3.55. The van der Waals surface area contributed by atoms with E-state index < -0.39 is 5.92 Å². The second-order valence-electron chi connectivity index (χ2n) is 7.15. The van der Waals surface area contributed by atoms with Crippen molar-refractivity contribution in [3.8, 4) is 0 Å². The Morgan fingerprint density at radius 2 is 1.93 bits per heavy atom. The van der Waals surface area contributed by atoms with E-state index in [9.17, 15) is 9.59 Å². The van der Waals surface area contributed by atoms with Crippen molar-refractivity contribution < 1.29 is 9.59 Å². The van der Waals surface area contributed by atoms with Gasteiger partial charge in [-0.2, -0.15) is 5.10 Å². The third-order valence-electron chi connectivity index (χ3n) is 5.10. The minimum Gasteiger partial charge on any atom is -0.300 e. The molecule has 2 N–H and O–H groups in total. The smallest absolute Gasteiger partial charge is 0.231 e. The van der Waals surface area contributed by atoms with Gasteiger partial charge in [-0.3, -0.25) is 19.6 Å². The van der Waals surface area contributed by atoms with E-state index in [1.54, 1.807) is 4.90 Å². The summed E-state index contributed by atoms with van der Waals surface area (Å²) in [5.41, 5.74) is 1.99. The molecule has 2 amide bonds. The summed E-state index contributed by atoms with van der Waals surface area (Å²) in [4.78, 5) is 26.9. The van der Waals surface area contributed by atoms with Gasteiger partial charge in [0.15, 0.2) is 5.82 Å². The Labute approximate surface area is 175 Å². The summed E-state index contributed by atoms with van der Waals surface area (Å²) < 4.78 is 0. The number of para-hydroxylation sites is 1. The Balaban J connectivity index is 1.26. The third-order valence-corrected chi connectivity index (χ3v) is 5.94. The number of hydrogen-bond acceptors (Lipinski definition) is 6. The van der Waals surface area contributed by atoms with E-state index in [2.05, 4.69) is 25.7 Å². The molecule has 0 aliphatic carbocycles. The zero-order chi connectivity index (χ0) is 20.5. The Kier molecular flexibility index (Phi) is 4.72. The first-order chi connectivity index (χ1) is 14.7. The van der Waals surface area contributed by atoms with Crippen LogP contribution in [0.25, 0.3) is 10.9 Å². The SMILES string of the molecule is O=C(Nc1nnc(Cc2ccccc2)s1)[C@H]1CC(=O)N(c2n[nH]c3ccccc23)C1. The van der Waals surface area contributed by atoms with Crippen LogP contribution in [0.2, 0.25) is 0 Å². The van der Waals surface area contributed by atoms with E-state index >= 15 is 0 Å². The number of nitrogens with one attached hydrogen (secondary N) is 2. The van der Waals surface area contributed by atoms with Crippen molar-refractivity contribution in [2.75, 3.05) is 16.8 Å². The van der Waals surface area contributed by atoms with Gasteiger partial charge in [-0.1, -0.05) is 53.8 Å². The molecule has 9 heteroatoms. The molecule has 0 saturated carbocycles. The maximum absolute atomic E-state index is 12.7. The van der Waals surface area contributed by atoms with E-state index in [-0.39, 0.29) is 24.8 Å². The summed E-state index contributed by atoms with van der Waals surface area (Å²) in [5.74, 6) is -0.246. The van der Waals surface area contributed by atoms with Crippen molar-refractivity contribution in [1.82, 2.24) is 20.4 Å². The van der Waals surface area contributed by atoms with Crippen LogP contribution in [0.3, 0.4) is 0 Å². The monoisotopic (exact) mass is 418 g/mol. The molecule has 1 aliphatic rings. The van der Waals surface area contributed by atoms with Gasteiger partial charge in [-0.05, 0) is 17.7 Å². The lowest BCUT2D eigenvalue weighted by Gasteiger charge is -2.13. The lowest BCUT2D eigenvalue weighted by molar-refractivity contribution is -0.122. The number of fused-ring (bicyclic) bond motifs is 1. The highest BCUT2D eigenvalue weighted by Gasteiger charge is 2.37. The van der Waals surface area contributed by atoms with E-state index in [4.69, 9.17) is 0 Å². The summed E-state index contributed by atoms with van der Waals surface area (Å²) in [6.45, 7) is 0.287. The first kappa shape index (κ1) is 18.4. The van der Waals surface area contributed by atoms with Crippen LogP contribution in [0.1, 0.15) is 17.0 Å². The first-order valence-corrected chi connectivity index (χ1v) is 10.4. The van der Waals surface area contributed by atoms with E-state index in [0.717, 1.165) is 21.5 Å². The van der Waals surface area contributed by atoms with Gasteiger partial charge < -0.3 is 5.32 Å². The van der Waals surface area contributed by atoms with Crippen LogP contribution >= 0.6 is 11.3 Å². The predicted octanol–water partition coefficient (Wildman–Crippen LogP) is 3.00. The van der Waals surface area contributed by atoms with Crippen LogP contribution in [0.5, 0.6) is 0 Å². The highest BCUT2D eigenvalue weighted by atomic mass is 32.1. The van der Waals surface area contributed by atoms with Gasteiger partial charge in [0.2, 0.25) is 16.9 Å². The second-order valence-corrected chi connectivity index (χ2v) is 8.21. The number of aromatic nitrogens is 4. The van der Waals surface area contributed by atoms with Gasteiger partial charge >= 0.3 is 0 Å². The fourth-order valence-corrected chi connectivity index (χ4v) is 4.37. The zero-order valence-corrected chi connectivity index (χ0v) is 16.7. The molecule has 1 aliphatic heterocycles. The van der Waals surface area contributed by atoms with Crippen LogP contribution < -0.4 is 10.2 Å². The number of amides is 2. The first-order valence-electron chi connectivity index (χ1n) is 9.58. The largest absolute Gasteiger partial charge is 0.300 e. The number of H-pyrrole nitrogens is 1. The highest BCUT2D eigenvalue weighted by molar-refractivity contribution is 7.15. The average Bonchev–Trinajstić information content (AvgIpc) is 3.47. The molecule has 2 aromatic carbocycles. The van der Waals surface area contributed by atoms with Crippen molar-refractivity contribution in [2.24, 2.45) is 5.92 Å². The fourth-order valence-electron chi connectivity index (χ4n) is 3.60. The lowest BCUT2D eigenvalue weighted by Crippen LogP contribution is -2.28. The van der Waals surface area contributed by atoms with Crippen LogP contribution in [0.15, 0.2) is 54.6 Å². The van der Waals surface area contributed by atoms with Crippen molar-refractivity contribution in [3.63, 3.8) is 0 Å². The quantitative estimate of drug-likeness (QED) is 0.519. The van der Waals surface area contributed by atoms with E-state index in [1.807, 2.05) is 54.6 Å². The van der Waals surface area contributed by atoms with Crippen LogP contribution in [0, 0.1) is 5.92 Å². The molecule has 0 radical (unpaired) electrons. The maximum Gasteiger partial charge on any atom is 0.231 e. The van der Waals surface area contributed by atoms with Gasteiger partial charge in [-0.15, -0.1) is 10.2 Å². The van der Waals surface area contributed by atoms with Crippen LogP contribution in [-0.4, -0.2) is 38.8 Å². The van der Waals surface area contributed by atoms with Crippen molar-refractivity contribution >= 4 is 45.0 Å². The lowest BCUT2D eigenvalue weighted by atomic mass is 10.1. The van der Waals surface area contributed by atoms with Gasteiger partial charge in [0.25, 0.3) is 0 Å². The topological polar surface area (TPSA) is 104 Å². The normalized spacial score (nSPS) is 16.3. The highest BCUT2D eigenvalue weighted by Crippen LogP contribution is 2.30. The van der Waals surface area contributed by atoms with Gasteiger partial charge in [0.1, 0.15) is 5.01 Å². The fraction of sp³-hybridized carbons (Fsp3) is 0.190. The number of carbonyl (C=O) groups excluding carboxylic acids is 2. The van der Waals surface area contributed by atoms with Gasteiger partial charge in [-0.25, -0.2) is 0 Å². The predicted molar refractivity (Wildman–Crippen MR) is 114 cm³/mol. The number of hydrogen-bond donors (Lipinski definition) is 2. The van der Waals surface area contributed by atoms with Crippen molar-refractivity contribution in [1.29, 1.82) is 0 Å². The number of rotatable bonds is 5. The molecule has 0 bridgehead atoms. The summed E-state index contributed by atoms with van der Waals surface area (Å²) >= 11 is 1.35. The Morgan fingerprint density at radius 3 is 2.80 bits per heavy atom. The number of anilines is 2. The Bertz CT molecular complexity index is 1220. The molecule has 5 rings (SSSR count). The van der Waals surface area contributed by atoms with Crippen LogP contribution in [0.4, 0.5) is 10.9 Å². The zero-order valence-electron chi connectivity index (χ0n) is 15.9. The number of aromatic amines is 1. The van der Waals surface area contributed by atoms with Crippen molar-refractivity contribution in [3.05, 3.63) is 65.2 Å². The van der Waals surface area contributed by atoms with Gasteiger partial charge in [0.05, 0.1) is 11.4 Å². The van der Waals surface area contributed by atoms with Crippen molar-refractivity contribution in [2.45, 2.75) is 12.8 Å². The molecule has 150 valence electrons. The average molecular weight is 418 g/mol. The molecule has 0 spiro atoms. The Hall–Kier alpha value is -3.59. The molecule has 1 atom stereocenters. The summed E-state index contributed by atoms with van der Waals surface area (Å²) in [5, 5.41) is 20.4. The molecular formula is C21H18N6O2S. The number of carbonyl (C=O) groups is 2. The van der Waals surface area contributed by atoms with Crippen LogP contribution in [-0.2, 0) is 16.0 Å². The Morgan fingerprint density at radius 1 is 1.13 bits per heavy atom. The van der Waals surface area contributed by atoms with E-state index in [1.165, 1.54) is 11.3 Å². The molecule has 2 aromatic heterocycles. The summed E-state index contributed by atoms with van der Waals surface area (Å²) in [6, 6.07) is 17.6. The number of benzene rings is 2. The van der Waals surface area contributed by atoms with E-state index in [0.29, 0.717) is 17.4 Å². The molecule has 1 fully saturated rings. The molecule has 3 heterocycles. The van der Waals surface area contributed by atoms with Gasteiger partial charge in [0, 0.05) is 24.8 Å². The number of nitrogens with zero attached hydrogens (tertiary/aromatic N) is 4. The molecule has 1 saturated heterocycles. The minimum absolute atomic E-state index is 0.116.